The number of fused-ring (bicyclic) bond motifs is 1. The molecule has 0 saturated heterocycles. The molecule has 0 aromatic heterocycles. The van der Waals surface area contributed by atoms with E-state index >= 15 is 0 Å². The van der Waals surface area contributed by atoms with E-state index in [9.17, 15) is 16.8 Å². The highest BCUT2D eigenvalue weighted by Crippen LogP contribution is 2.26. The Hall–Kier alpha value is -3.36. The van der Waals surface area contributed by atoms with E-state index in [0.717, 1.165) is 0 Å². The first-order chi connectivity index (χ1) is 14.8. The van der Waals surface area contributed by atoms with Crippen molar-refractivity contribution in [1.29, 1.82) is 0 Å². The van der Waals surface area contributed by atoms with E-state index in [1.54, 1.807) is 73.7 Å². The van der Waals surface area contributed by atoms with Crippen molar-refractivity contribution in [3.05, 3.63) is 108 Å². The molecule has 31 heavy (non-hydrogen) atoms. The molecular formula is C23H18N2O4S2. The van der Waals surface area contributed by atoms with E-state index in [1.165, 1.54) is 24.3 Å². The van der Waals surface area contributed by atoms with Gasteiger partial charge in [-0.05, 0) is 42.8 Å². The van der Waals surface area contributed by atoms with Crippen molar-refractivity contribution in [3.8, 4) is 0 Å². The maximum atomic E-state index is 12.8. The first kappa shape index (κ1) is 20.9. The van der Waals surface area contributed by atoms with Crippen molar-refractivity contribution in [1.82, 2.24) is 0 Å². The van der Waals surface area contributed by atoms with Gasteiger partial charge < -0.3 is 0 Å². The van der Waals surface area contributed by atoms with E-state index in [2.05, 4.69) is 8.80 Å². The van der Waals surface area contributed by atoms with Gasteiger partial charge in [0.1, 0.15) is 0 Å². The second kappa shape index (κ2) is 8.05. The summed E-state index contributed by atoms with van der Waals surface area (Å²) in [5.41, 5.74) is 1.99. The van der Waals surface area contributed by atoms with Crippen LogP contribution in [0.1, 0.15) is 18.1 Å². The Morgan fingerprint density at radius 1 is 0.581 bits per heavy atom. The zero-order chi connectivity index (χ0) is 22.1. The normalized spacial score (nSPS) is 16.7. The lowest BCUT2D eigenvalue weighted by Gasteiger charge is -2.18. The van der Waals surface area contributed by atoms with Crippen molar-refractivity contribution in [2.24, 2.45) is 8.80 Å². The van der Waals surface area contributed by atoms with Crippen LogP contribution in [0.2, 0.25) is 0 Å². The molecule has 0 heterocycles. The van der Waals surface area contributed by atoms with Crippen LogP contribution in [0, 0.1) is 0 Å². The monoisotopic (exact) mass is 450 g/mol. The Morgan fingerprint density at radius 3 is 1.58 bits per heavy atom. The zero-order valence-corrected chi connectivity index (χ0v) is 18.1. The van der Waals surface area contributed by atoms with Crippen molar-refractivity contribution in [3.63, 3.8) is 0 Å². The van der Waals surface area contributed by atoms with Crippen LogP contribution in [0.25, 0.3) is 0 Å². The Labute approximate surface area is 181 Å². The topological polar surface area (TPSA) is 93.0 Å². The summed E-state index contributed by atoms with van der Waals surface area (Å²) < 4.78 is 59.3. The van der Waals surface area contributed by atoms with Gasteiger partial charge in [-0.1, -0.05) is 60.7 Å². The molecule has 4 rings (SSSR count). The Balaban J connectivity index is 1.86. The number of benzene rings is 3. The zero-order valence-electron chi connectivity index (χ0n) is 16.5. The summed E-state index contributed by atoms with van der Waals surface area (Å²) in [7, 11) is -7.88. The third-order valence-electron chi connectivity index (χ3n) is 4.70. The van der Waals surface area contributed by atoms with Crippen molar-refractivity contribution in [2.75, 3.05) is 0 Å². The minimum atomic E-state index is -3.94. The van der Waals surface area contributed by atoms with Crippen LogP contribution < -0.4 is 0 Å². The van der Waals surface area contributed by atoms with Crippen molar-refractivity contribution >= 4 is 31.5 Å². The Morgan fingerprint density at radius 2 is 1.03 bits per heavy atom. The summed E-state index contributed by atoms with van der Waals surface area (Å²) in [5, 5.41) is 0. The number of sulfonamides is 2. The molecule has 1 aliphatic rings. The summed E-state index contributed by atoms with van der Waals surface area (Å²) in [4.78, 5) is 0.163. The molecule has 1 aliphatic carbocycles. The van der Waals surface area contributed by atoms with E-state index in [4.69, 9.17) is 0 Å². The smallest absolute Gasteiger partial charge is 0.199 e. The predicted molar refractivity (Wildman–Crippen MR) is 121 cm³/mol. The van der Waals surface area contributed by atoms with Gasteiger partial charge in [0.25, 0.3) is 20.0 Å². The van der Waals surface area contributed by atoms with E-state index < -0.39 is 20.0 Å². The van der Waals surface area contributed by atoms with Gasteiger partial charge in [0, 0.05) is 11.1 Å². The molecule has 0 aliphatic heterocycles. The molecule has 0 fully saturated rings. The van der Waals surface area contributed by atoms with Gasteiger partial charge >= 0.3 is 0 Å². The van der Waals surface area contributed by atoms with Gasteiger partial charge in [0.2, 0.25) is 0 Å². The van der Waals surface area contributed by atoms with Crippen LogP contribution in [-0.4, -0.2) is 28.3 Å². The Kier molecular flexibility index (Phi) is 5.43. The number of nitrogens with zero attached hydrogens (tertiary/aromatic N) is 2. The summed E-state index contributed by atoms with van der Waals surface area (Å²) in [6.07, 6.45) is 1.54. The number of hydrogen-bond acceptors (Lipinski definition) is 4. The molecule has 0 spiro atoms. The number of rotatable bonds is 4. The van der Waals surface area contributed by atoms with Gasteiger partial charge in [-0.25, -0.2) is 0 Å². The van der Waals surface area contributed by atoms with Gasteiger partial charge in [0.05, 0.1) is 21.2 Å². The molecule has 0 unspecified atom stereocenters. The maximum Gasteiger partial charge on any atom is 0.282 e. The SMILES string of the molecule is CC1=CC(=NS(=O)(=O)c2ccccc2)c2ccccc2C1=NS(=O)(=O)c1ccccc1. The molecule has 0 amide bonds. The van der Waals surface area contributed by atoms with Gasteiger partial charge in [-0.2, -0.15) is 25.6 Å². The predicted octanol–water partition coefficient (Wildman–Crippen LogP) is 4.00. The van der Waals surface area contributed by atoms with E-state index in [1.807, 2.05) is 0 Å². The molecule has 6 nitrogen and oxygen atoms in total. The van der Waals surface area contributed by atoms with Gasteiger partial charge in [-0.3, -0.25) is 0 Å². The molecule has 0 atom stereocenters. The lowest BCUT2D eigenvalue weighted by atomic mass is 9.89. The summed E-state index contributed by atoms with van der Waals surface area (Å²) in [6.45, 7) is 1.68. The molecule has 0 radical (unpaired) electrons. The van der Waals surface area contributed by atoms with E-state index in [-0.39, 0.29) is 21.2 Å². The third kappa shape index (κ3) is 4.26. The summed E-state index contributed by atoms with van der Waals surface area (Å²) in [6, 6.07) is 22.8. The lowest BCUT2D eigenvalue weighted by Crippen LogP contribution is -2.19. The summed E-state index contributed by atoms with van der Waals surface area (Å²) >= 11 is 0. The first-order valence-corrected chi connectivity index (χ1v) is 12.2. The highest BCUT2D eigenvalue weighted by atomic mass is 32.2. The van der Waals surface area contributed by atoms with Crippen LogP contribution in [-0.2, 0) is 20.0 Å². The van der Waals surface area contributed by atoms with E-state index in [0.29, 0.717) is 16.7 Å². The Bertz CT molecular complexity index is 1440. The molecule has 156 valence electrons. The number of allylic oxidation sites excluding steroid dienone is 2. The second-order valence-electron chi connectivity index (χ2n) is 6.87. The van der Waals surface area contributed by atoms with Crippen molar-refractivity contribution in [2.45, 2.75) is 16.7 Å². The molecule has 0 N–H and O–H groups in total. The second-order valence-corrected chi connectivity index (χ2v) is 10.1. The average molecular weight is 451 g/mol. The molecular weight excluding hydrogens is 432 g/mol. The van der Waals surface area contributed by atoms with Crippen LogP contribution in [0.15, 0.2) is 115 Å². The molecule has 8 heteroatoms. The lowest BCUT2D eigenvalue weighted by molar-refractivity contribution is 0.596. The minimum Gasteiger partial charge on any atom is -0.199 e. The fourth-order valence-electron chi connectivity index (χ4n) is 3.21. The molecule has 3 aromatic rings. The first-order valence-electron chi connectivity index (χ1n) is 9.36. The highest BCUT2D eigenvalue weighted by molar-refractivity contribution is 7.90. The molecule has 0 saturated carbocycles. The highest BCUT2D eigenvalue weighted by Gasteiger charge is 2.25. The van der Waals surface area contributed by atoms with Crippen LogP contribution in [0.5, 0.6) is 0 Å². The van der Waals surface area contributed by atoms with Gasteiger partial charge in [0.15, 0.2) is 0 Å². The van der Waals surface area contributed by atoms with Crippen molar-refractivity contribution < 1.29 is 16.8 Å². The van der Waals surface area contributed by atoms with Gasteiger partial charge in [-0.15, -0.1) is 0 Å². The largest absolute Gasteiger partial charge is 0.282 e. The quantitative estimate of drug-likeness (QED) is 0.600. The van der Waals surface area contributed by atoms with Crippen LogP contribution in [0.3, 0.4) is 0 Å². The average Bonchev–Trinajstić information content (AvgIpc) is 2.77. The molecule has 3 aromatic carbocycles. The molecule has 0 bridgehead atoms. The van der Waals surface area contributed by atoms with Crippen LogP contribution in [0.4, 0.5) is 0 Å². The fourth-order valence-corrected chi connectivity index (χ4v) is 5.32. The standard InChI is InChI=1S/C23H18N2O4S2/c1-17-16-22(24-30(26,27)18-10-4-2-5-11-18)20-14-8-9-15-21(20)23(17)25-31(28,29)19-12-6-3-7-13-19/h2-16H,1H3. The maximum absolute atomic E-state index is 12.8. The third-order valence-corrected chi connectivity index (χ3v) is 7.29. The minimum absolute atomic E-state index is 0.0807. The fraction of sp³-hybridized carbons (Fsp3) is 0.0435. The summed E-state index contributed by atoms with van der Waals surface area (Å²) in [5.74, 6) is 0. The number of hydrogen-bond donors (Lipinski definition) is 0. The van der Waals surface area contributed by atoms with Crippen LogP contribution >= 0.6 is 0 Å².